The number of nitrogens with zero attached hydrogens (tertiary/aromatic N) is 3. The Morgan fingerprint density at radius 3 is 2.48 bits per heavy atom. The SMILES string of the molecule is CCCCOP(=O)(OCCCC)C(C)CCOCn1cnc2c(=O)[nH]c(N)nc21. The second kappa shape index (κ2) is 11.4. The van der Waals surface area contributed by atoms with E-state index in [2.05, 4.69) is 28.8 Å². The molecule has 0 fully saturated rings. The Hall–Kier alpha value is -1.74. The van der Waals surface area contributed by atoms with Crippen LogP contribution >= 0.6 is 7.60 Å². The van der Waals surface area contributed by atoms with E-state index in [1.807, 2.05) is 6.92 Å². The summed E-state index contributed by atoms with van der Waals surface area (Å²) in [6.45, 7) is 7.31. The van der Waals surface area contributed by atoms with Gasteiger partial charge in [0.1, 0.15) is 6.73 Å². The van der Waals surface area contributed by atoms with Gasteiger partial charge >= 0.3 is 7.60 Å². The molecule has 0 aliphatic rings. The van der Waals surface area contributed by atoms with Crippen LogP contribution in [0, 0.1) is 0 Å². The quantitative estimate of drug-likeness (QED) is 0.345. The molecule has 0 spiro atoms. The van der Waals surface area contributed by atoms with Crippen LogP contribution in [0.4, 0.5) is 5.95 Å². The zero-order valence-electron chi connectivity index (χ0n) is 17.4. The number of rotatable bonds is 14. The van der Waals surface area contributed by atoms with Gasteiger partial charge in [-0.05, 0) is 19.3 Å². The van der Waals surface area contributed by atoms with Crippen molar-refractivity contribution < 1.29 is 18.3 Å². The number of nitrogens with one attached hydrogen (secondary N) is 1. The molecule has 1 atom stereocenters. The molecule has 0 amide bonds. The van der Waals surface area contributed by atoms with E-state index in [4.69, 9.17) is 19.5 Å². The maximum atomic E-state index is 13.2. The predicted octanol–water partition coefficient (Wildman–Crippen LogP) is 3.28. The molecule has 0 saturated heterocycles. The summed E-state index contributed by atoms with van der Waals surface area (Å²) in [4.78, 5) is 22.3. The summed E-state index contributed by atoms with van der Waals surface area (Å²) in [5.41, 5.74) is 5.47. The van der Waals surface area contributed by atoms with Gasteiger partial charge in [0.25, 0.3) is 5.56 Å². The van der Waals surface area contributed by atoms with E-state index in [1.54, 1.807) is 4.57 Å². The number of aromatic amines is 1. The van der Waals surface area contributed by atoms with Crippen molar-refractivity contribution in [2.24, 2.45) is 0 Å². The predicted molar refractivity (Wildman–Crippen MR) is 112 cm³/mol. The molecule has 10 nitrogen and oxygen atoms in total. The fourth-order valence-electron chi connectivity index (χ4n) is 2.60. The van der Waals surface area contributed by atoms with E-state index in [0.717, 1.165) is 25.7 Å². The zero-order valence-corrected chi connectivity index (χ0v) is 18.3. The van der Waals surface area contributed by atoms with Gasteiger partial charge in [-0.2, -0.15) is 4.98 Å². The van der Waals surface area contributed by atoms with E-state index in [1.165, 1.54) is 6.33 Å². The maximum Gasteiger partial charge on any atom is 0.333 e. The fraction of sp³-hybridized carbons (Fsp3) is 0.722. The number of nitrogens with two attached hydrogens (primary N) is 1. The molecule has 11 heteroatoms. The standard InChI is InChI=1S/C18H32N5O5P/c1-4-6-9-27-29(25,28-10-7-5-2)14(3)8-11-26-13-23-12-20-15-16(23)21-18(19)22-17(15)24/h12,14H,4-11,13H2,1-3H3,(H3,19,21,22,24). The van der Waals surface area contributed by atoms with E-state index in [0.29, 0.717) is 31.9 Å². The van der Waals surface area contributed by atoms with Gasteiger partial charge in [0, 0.05) is 6.61 Å². The fourth-order valence-corrected chi connectivity index (χ4v) is 4.38. The lowest BCUT2D eigenvalue weighted by Crippen LogP contribution is -2.15. The van der Waals surface area contributed by atoms with E-state index < -0.39 is 13.2 Å². The Kier molecular flexibility index (Phi) is 9.29. The Bertz CT molecular complexity index is 854. The zero-order chi connectivity index (χ0) is 21.3. The van der Waals surface area contributed by atoms with Crippen LogP contribution in [0.3, 0.4) is 0 Å². The number of unbranched alkanes of at least 4 members (excludes halogenated alkanes) is 2. The van der Waals surface area contributed by atoms with Gasteiger partial charge in [0.15, 0.2) is 11.2 Å². The van der Waals surface area contributed by atoms with Crippen LogP contribution in [0.15, 0.2) is 11.1 Å². The van der Waals surface area contributed by atoms with Gasteiger partial charge in [0.05, 0.1) is 25.2 Å². The number of hydrogen-bond donors (Lipinski definition) is 2. The monoisotopic (exact) mass is 429 g/mol. The first-order chi connectivity index (χ1) is 13.9. The van der Waals surface area contributed by atoms with Gasteiger partial charge in [0.2, 0.25) is 5.95 Å². The van der Waals surface area contributed by atoms with Crippen LogP contribution in [0.2, 0.25) is 0 Å². The first kappa shape index (κ1) is 23.5. The van der Waals surface area contributed by atoms with Gasteiger partial charge in [-0.15, -0.1) is 0 Å². The molecular formula is C18H32N5O5P. The molecule has 0 aliphatic heterocycles. The number of H-pyrrole nitrogens is 1. The van der Waals surface area contributed by atoms with E-state index >= 15 is 0 Å². The van der Waals surface area contributed by atoms with Crippen molar-refractivity contribution in [2.45, 2.75) is 65.3 Å². The summed E-state index contributed by atoms with van der Waals surface area (Å²) in [6, 6.07) is 0. The van der Waals surface area contributed by atoms with Crippen molar-refractivity contribution in [1.29, 1.82) is 0 Å². The van der Waals surface area contributed by atoms with Crippen LogP contribution in [0.5, 0.6) is 0 Å². The number of imidazole rings is 1. The Morgan fingerprint density at radius 1 is 1.21 bits per heavy atom. The lowest BCUT2D eigenvalue weighted by atomic mass is 10.3. The van der Waals surface area contributed by atoms with Crippen LogP contribution in [0.1, 0.15) is 52.9 Å². The number of aromatic nitrogens is 4. The Balaban J connectivity index is 1.90. The lowest BCUT2D eigenvalue weighted by Gasteiger charge is -2.24. The van der Waals surface area contributed by atoms with Crippen molar-refractivity contribution in [3.05, 3.63) is 16.7 Å². The second-order valence-electron chi connectivity index (χ2n) is 6.93. The van der Waals surface area contributed by atoms with E-state index in [9.17, 15) is 9.36 Å². The highest BCUT2D eigenvalue weighted by atomic mass is 31.2. The van der Waals surface area contributed by atoms with Crippen molar-refractivity contribution in [1.82, 2.24) is 19.5 Å². The molecule has 0 radical (unpaired) electrons. The largest absolute Gasteiger partial charge is 0.369 e. The third-order valence-corrected chi connectivity index (χ3v) is 6.90. The molecule has 0 saturated carbocycles. The van der Waals surface area contributed by atoms with Crippen molar-refractivity contribution in [2.75, 3.05) is 25.6 Å². The average molecular weight is 429 g/mol. The molecule has 2 heterocycles. The van der Waals surface area contributed by atoms with Crippen molar-refractivity contribution in [3.63, 3.8) is 0 Å². The smallest absolute Gasteiger partial charge is 0.333 e. The summed E-state index contributed by atoms with van der Waals surface area (Å²) in [5, 5.41) is 0. The first-order valence-electron chi connectivity index (χ1n) is 10.1. The lowest BCUT2D eigenvalue weighted by molar-refractivity contribution is 0.0751. The third kappa shape index (κ3) is 6.64. The molecule has 3 N–H and O–H groups in total. The highest BCUT2D eigenvalue weighted by Crippen LogP contribution is 2.54. The van der Waals surface area contributed by atoms with Gasteiger partial charge < -0.3 is 19.5 Å². The van der Waals surface area contributed by atoms with Crippen LogP contribution in [0.25, 0.3) is 11.2 Å². The maximum absolute atomic E-state index is 13.2. The van der Waals surface area contributed by atoms with E-state index in [-0.39, 0.29) is 23.9 Å². The molecular weight excluding hydrogens is 397 g/mol. The summed E-state index contributed by atoms with van der Waals surface area (Å²) >= 11 is 0. The highest BCUT2D eigenvalue weighted by Gasteiger charge is 2.32. The highest BCUT2D eigenvalue weighted by molar-refractivity contribution is 7.54. The molecule has 2 aromatic rings. The van der Waals surface area contributed by atoms with Crippen molar-refractivity contribution in [3.8, 4) is 0 Å². The summed E-state index contributed by atoms with van der Waals surface area (Å²) in [6.07, 6.45) is 5.60. The number of hydrogen-bond acceptors (Lipinski definition) is 8. The molecule has 2 aromatic heterocycles. The molecule has 0 aliphatic carbocycles. The van der Waals surface area contributed by atoms with Crippen molar-refractivity contribution >= 4 is 24.7 Å². The molecule has 1 unspecified atom stereocenters. The second-order valence-corrected chi connectivity index (χ2v) is 9.40. The van der Waals surface area contributed by atoms with Crippen LogP contribution in [-0.2, 0) is 25.1 Å². The third-order valence-electron chi connectivity index (χ3n) is 4.48. The number of fused-ring (bicyclic) bond motifs is 1. The van der Waals surface area contributed by atoms with Gasteiger partial charge in [-0.3, -0.25) is 18.9 Å². The number of nitrogen functional groups attached to an aromatic ring is 1. The number of anilines is 1. The van der Waals surface area contributed by atoms with Crippen LogP contribution < -0.4 is 11.3 Å². The molecule has 29 heavy (non-hydrogen) atoms. The summed E-state index contributed by atoms with van der Waals surface area (Å²) < 4.78 is 31.8. The minimum absolute atomic E-state index is 0.0206. The molecule has 164 valence electrons. The van der Waals surface area contributed by atoms with Gasteiger partial charge in [-0.1, -0.05) is 33.6 Å². The average Bonchev–Trinajstić information content (AvgIpc) is 3.08. The Morgan fingerprint density at radius 2 is 1.86 bits per heavy atom. The topological polar surface area (TPSA) is 134 Å². The normalized spacial score (nSPS) is 13.2. The molecule has 0 aromatic carbocycles. The minimum atomic E-state index is -3.20. The summed E-state index contributed by atoms with van der Waals surface area (Å²) in [7, 11) is -3.20. The minimum Gasteiger partial charge on any atom is -0.369 e. The molecule has 0 bridgehead atoms. The summed E-state index contributed by atoms with van der Waals surface area (Å²) in [5.74, 6) is 0.0206. The molecule has 2 rings (SSSR count). The number of ether oxygens (including phenoxy) is 1. The first-order valence-corrected chi connectivity index (χ1v) is 11.7. The van der Waals surface area contributed by atoms with Crippen LogP contribution in [-0.4, -0.2) is 45.0 Å². The van der Waals surface area contributed by atoms with Gasteiger partial charge in [-0.25, -0.2) is 4.98 Å². The Labute approximate surface area is 170 Å².